The number of fused-ring (bicyclic) bond motifs is 2. The maximum absolute atomic E-state index is 13.4. The van der Waals surface area contributed by atoms with Crippen molar-refractivity contribution in [3.63, 3.8) is 0 Å². The number of halogens is 1. The van der Waals surface area contributed by atoms with Crippen molar-refractivity contribution < 1.29 is 23.5 Å². The number of esters is 1. The minimum atomic E-state index is -0.422. The van der Waals surface area contributed by atoms with E-state index in [-0.39, 0.29) is 43.3 Å². The molecule has 0 fully saturated rings. The number of likely N-dealkylation sites (N-methyl/N-ethyl adjacent to an activating group) is 1. The van der Waals surface area contributed by atoms with Crippen LogP contribution in [-0.4, -0.2) is 70.8 Å². The Labute approximate surface area is 198 Å². The van der Waals surface area contributed by atoms with Crippen molar-refractivity contribution in [1.82, 2.24) is 25.2 Å². The van der Waals surface area contributed by atoms with E-state index in [2.05, 4.69) is 20.9 Å². The number of carbonyl (C=O) groups is 2. The second-order valence-electron chi connectivity index (χ2n) is 8.72. The van der Waals surface area contributed by atoms with Gasteiger partial charge in [0, 0.05) is 44.8 Å². The van der Waals surface area contributed by atoms with E-state index in [1.165, 1.54) is 23.1 Å². The Morgan fingerprint density at radius 2 is 2.21 bits per heavy atom. The lowest BCUT2D eigenvalue weighted by Crippen LogP contribution is -2.44. The Morgan fingerprint density at radius 1 is 1.38 bits per heavy atom. The third-order valence-electron chi connectivity index (χ3n) is 5.59. The Bertz CT molecular complexity index is 955. The summed E-state index contributed by atoms with van der Waals surface area (Å²) in [6.45, 7) is 5.95. The van der Waals surface area contributed by atoms with Gasteiger partial charge in [0.1, 0.15) is 18.1 Å². The van der Waals surface area contributed by atoms with Crippen molar-refractivity contribution in [1.29, 1.82) is 0 Å². The summed E-state index contributed by atoms with van der Waals surface area (Å²) in [6, 6.07) is 5.35. The fourth-order valence-corrected chi connectivity index (χ4v) is 3.49. The van der Waals surface area contributed by atoms with Gasteiger partial charge in [0.2, 0.25) is 0 Å². The molecule has 0 saturated heterocycles. The lowest BCUT2D eigenvalue weighted by Gasteiger charge is -2.30. The average molecular weight is 477 g/mol. The van der Waals surface area contributed by atoms with Crippen molar-refractivity contribution >= 4 is 17.7 Å². The van der Waals surface area contributed by atoms with Crippen molar-refractivity contribution in [2.75, 3.05) is 32.1 Å². The van der Waals surface area contributed by atoms with Crippen molar-refractivity contribution in [3.05, 3.63) is 42.0 Å². The molecule has 10 nitrogen and oxygen atoms in total. The van der Waals surface area contributed by atoms with Crippen LogP contribution in [-0.2, 0) is 27.4 Å². The molecule has 1 aromatic carbocycles. The molecule has 0 unspecified atom stereocenters. The number of urea groups is 1. The molecule has 1 aliphatic heterocycles. The number of amides is 2. The normalized spacial score (nSPS) is 22.6. The molecular formula is C23H33FN6O4. The molecule has 0 aliphatic carbocycles. The first kappa shape index (κ1) is 25.6. The van der Waals surface area contributed by atoms with E-state index < -0.39 is 5.82 Å². The molecule has 3 rings (SSSR count). The highest BCUT2D eigenvalue weighted by Crippen LogP contribution is 2.14. The molecule has 34 heavy (non-hydrogen) atoms. The second kappa shape index (κ2) is 12.4. The Morgan fingerprint density at radius 3 is 3.00 bits per heavy atom. The van der Waals surface area contributed by atoms with Crippen LogP contribution in [0.4, 0.5) is 14.9 Å². The molecular weight excluding hydrogens is 443 g/mol. The van der Waals surface area contributed by atoms with E-state index in [0.29, 0.717) is 43.9 Å². The van der Waals surface area contributed by atoms with Crippen molar-refractivity contribution in [2.24, 2.45) is 5.92 Å². The van der Waals surface area contributed by atoms with Crippen LogP contribution < -0.4 is 10.6 Å². The van der Waals surface area contributed by atoms with Gasteiger partial charge in [-0.2, -0.15) is 0 Å². The molecule has 1 aromatic heterocycles. The zero-order valence-corrected chi connectivity index (χ0v) is 19.9. The molecule has 2 bridgehead atoms. The highest BCUT2D eigenvalue weighted by Gasteiger charge is 2.24. The van der Waals surface area contributed by atoms with Crippen LogP contribution in [0.2, 0.25) is 0 Å². The first-order valence-corrected chi connectivity index (χ1v) is 11.5. The SMILES string of the molecule is C[C@H]1COC(=O)CCCn2cc(nn2)CO[C@@H](CN(C)C(=O)Nc2cccc(F)c2)[C@@H](C)CN1. The monoisotopic (exact) mass is 476 g/mol. The van der Waals surface area contributed by atoms with E-state index >= 15 is 0 Å². The van der Waals surface area contributed by atoms with Crippen LogP contribution in [0.3, 0.4) is 0 Å². The number of aryl methyl sites for hydroxylation is 1. The zero-order chi connectivity index (χ0) is 24.5. The van der Waals surface area contributed by atoms with Crippen LogP contribution >= 0.6 is 0 Å². The van der Waals surface area contributed by atoms with Crippen LogP contribution in [0.15, 0.2) is 30.5 Å². The minimum absolute atomic E-state index is 0.0190. The van der Waals surface area contributed by atoms with Crippen LogP contribution in [0, 0.1) is 11.7 Å². The first-order chi connectivity index (χ1) is 16.3. The molecule has 11 heteroatoms. The molecule has 186 valence electrons. The minimum Gasteiger partial charge on any atom is -0.464 e. The first-order valence-electron chi connectivity index (χ1n) is 11.5. The largest absolute Gasteiger partial charge is 0.464 e. The van der Waals surface area contributed by atoms with Gasteiger partial charge in [-0.1, -0.05) is 18.2 Å². The average Bonchev–Trinajstić information content (AvgIpc) is 3.25. The maximum atomic E-state index is 13.4. The topological polar surface area (TPSA) is 111 Å². The third-order valence-corrected chi connectivity index (χ3v) is 5.59. The van der Waals surface area contributed by atoms with Gasteiger partial charge < -0.3 is 25.0 Å². The number of nitrogens with zero attached hydrogens (tertiary/aromatic N) is 4. The second-order valence-corrected chi connectivity index (χ2v) is 8.72. The summed E-state index contributed by atoms with van der Waals surface area (Å²) in [5.41, 5.74) is 1.05. The van der Waals surface area contributed by atoms with Gasteiger partial charge >= 0.3 is 12.0 Å². The highest BCUT2D eigenvalue weighted by molar-refractivity contribution is 5.89. The number of ether oxygens (including phenoxy) is 2. The molecule has 0 saturated carbocycles. The van der Waals surface area contributed by atoms with E-state index in [1.807, 2.05) is 13.8 Å². The summed E-state index contributed by atoms with van der Waals surface area (Å²) >= 11 is 0. The number of nitrogens with one attached hydrogen (secondary N) is 2. The van der Waals surface area contributed by atoms with Gasteiger partial charge in [0.25, 0.3) is 0 Å². The molecule has 0 spiro atoms. The van der Waals surface area contributed by atoms with Gasteiger partial charge in [0.05, 0.1) is 18.9 Å². The molecule has 0 radical (unpaired) electrons. The molecule has 2 N–H and O–H groups in total. The number of benzene rings is 1. The third kappa shape index (κ3) is 8.07. The van der Waals surface area contributed by atoms with Gasteiger partial charge in [0.15, 0.2) is 0 Å². The van der Waals surface area contributed by atoms with Gasteiger partial charge in [-0.3, -0.25) is 9.48 Å². The number of anilines is 1. The summed E-state index contributed by atoms with van der Waals surface area (Å²) in [7, 11) is 1.66. The Balaban J connectivity index is 1.66. The summed E-state index contributed by atoms with van der Waals surface area (Å²) in [4.78, 5) is 26.1. The summed E-state index contributed by atoms with van der Waals surface area (Å²) < 4.78 is 26.6. The van der Waals surface area contributed by atoms with E-state index in [4.69, 9.17) is 9.47 Å². The number of cyclic esters (lactones) is 1. The fraction of sp³-hybridized carbons (Fsp3) is 0.565. The predicted molar refractivity (Wildman–Crippen MR) is 123 cm³/mol. The standard InChI is InChI=1S/C23H33FN6O4/c1-16-11-25-17(2)14-34-22(31)8-5-9-30-12-20(27-28-30)15-33-21(16)13-29(3)23(32)26-19-7-4-6-18(24)10-19/h4,6-7,10,12,16-17,21,25H,5,8-9,11,13-15H2,1-3H3,(H,26,32)/t16-,17-,21-/m0/s1. The number of rotatable bonds is 3. The number of hydrogen-bond donors (Lipinski definition) is 2. The van der Waals surface area contributed by atoms with Crippen LogP contribution in [0.25, 0.3) is 0 Å². The maximum Gasteiger partial charge on any atom is 0.321 e. The molecule has 2 amide bonds. The Hall–Kier alpha value is -3.05. The molecule has 2 heterocycles. The quantitative estimate of drug-likeness (QED) is 0.655. The molecule has 3 atom stereocenters. The fourth-order valence-electron chi connectivity index (χ4n) is 3.49. The van der Waals surface area contributed by atoms with Crippen LogP contribution in [0.1, 0.15) is 32.4 Å². The van der Waals surface area contributed by atoms with E-state index in [1.54, 1.807) is 24.0 Å². The van der Waals surface area contributed by atoms with Gasteiger partial charge in [-0.15, -0.1) is 5.10 Å². The predicted octanol–water partition coefficient (Wildman–Crippen LogP) is 2.42. The summed E-state index contributed by atoms with van der Waals surface area (Å²) in [5, 5.41) is 14.3. The van der Waals surface area contributed by atoms with Gasteiger partial charge in [-0.25, -0.2) is 9.18 Å². The highest BCUT2D eigenvalue weighted by atomic mass is 19.1. The zero-order valence-electron chi connectivity index (χ0n) is 19.9. The Kier molecular flexibility index (Phi) is 9.34. The lowest BCUT2D eigenvalue weighted by molar-refractivity contribution is -0.144. The lowest BCUT2D eigenvalue weighted by atomic mass is 10.0. The van der Waals surface area contributed by atoms with Crippen molar-refractivity contribution in [2.45, 2.75) is 52.0 Å². The summed E-state index contributed by atoms with van der Waals surface area (Å²) in [5.74, 6) is -0.638. The summed E-state index contributed by atoms with van der Waals surface area (Å²) in [6.07, 6.45) is 2.40. The van der Waals surface area contributed by atoms with Gasteiger partial charge in [-0.05, 0) is 37.5 Å². The molecule has 2 aromatic rings. The number of carbonyl (C=O) groups excluding carboxylic acids is 2. The number of aromatic nitrogens is 3. The van der Waals surface area contributed by atoms with Crippen molar-refractivity contribution in [3.8, 4) is 0 Å². The number of hydrogen-bond acceptors (Lipinski definition) is 7. The smallest absolute Gasteiger partial charge is 0.321 e. The van der Waals surface area contributed by atoms with E-state index in [9.17, 15) is 14.0 Å². The molecule has 1 aliphatic rings. The van der Waals surface area contributed by atoms with E-state index in [0.717, 1.165) is 0 Å². The van der Waals surface area contributed by atoms with Crippen LogP contribution in [0.5, 0.6) is 0 Å².